The Hall–Kier alpha value is -2.62. The second-order valence-electron chi connectivity index (χ2n) is 9.46. The van der Waals surface area contributed by atoms with Gasteiger partial charge >= 0.3 is 0 Å². The van der Waals surface area contributed by atoms with Crippen molar-refractivity contribution in [3.8, 4) is 5.75 Å². The zero-order chi connectivity index (χ0) is 28.5. The maximum atomic E-state index is 14.1. The molecule has 4 rings (SSSR count). The number of aliphatic imine (C=N–C) groups is 1. The van der Waals surface area contributed by atoms with Crippen molar-refractivity contribution >= 4 is 50.9 Å². The molecule has 0 bridgehead atoms. The standard InChI is InChI=1S/C30H32BrCl2N3O4/c1-2-3-15-34-36-29(38)30(19-21-7-4-5-8-25(21)31)27(24-14-11-22(32)18-26(24)33)40-28(35-30)20-9-12-23(13-10-20)39-17-6-16-37/h4-5,7-14,18,27,34,37H,2-3,6,15-17,19H2,1H3,(H,36,38)/t27-,30-/m0/s1. The minimum atomic E-state index is -1.40. The van der Waals surface area contributed by atoms with Crippen LogP contribution in [0.15, 0.2) is 76.2 Å². The summed E-state index contributed by atoms with van der Waals surface area (Å²) >= 11 is 16.5. The van der Waals surface area contributed by atoms with Crippen LogP contribution in [-0.2, 0) is 16.0 Å². The number of rotatable bonds is 13. The number of nitrogens with one attached hydrogen (secondary N) is 2. The minimum Gasteiger partial charge on any atom is -0.494 e. The van der Waals surface area contributed by atoms with E-state index < -0.39 is 11.6 Å². The first-order chi connectivity index (χ1) is 19.4. The summed E-state index contributed by atoms with van der Waals surface area (Å²) in [5.41, 5.74) is 6.71. The van der Waals surface area contributed by atoms with E-state index in [0.29, 0.717) is 52.4 Å². The number of nitrogens with zero attached hydrogens (tertiary/aromatic N) is 1. The van der Waals surface area contributed by atoms with Crippen LogP contribution in [0.2, 0.25) is 10.0 Å². The van der Waals surface area contributed by atoms with E-state index in [0.717, 1.165) is 22.9 Å². The number of hydrogen-bond acceptors (Lipinski definition) is 6. The number of aliphatic hydroxyl groups excluding tert-OH is 1. The van der Waals surface area contributed by atoms with Crippen LogP contribution in [0.25, 0.3) is 0 Å². The van der Waals surface area contributed by atoms with Gasteiger partial charge in [0.2, 0.25) is 5.90 Å². The van der Waals surface area contributed by atoms with Gasteiger partial charge in [0.15, 0.2) is 11.6 Å². The summed E-state index contributed by atoms with van der Waals surface area (Å²) in [7, 11) is 0. The first-order valence-corrected chi connectivity index (χ1v) is 14.7. The molecule has 2 atom stereocenters. The van der Waals surface area contributed by atoms with E-state index >= 15 is 0 Å². The molecular formula is C30H32BrCl2N3O4. The second kappa shape index (κ2) is 14.3. The average Bonchev–Trinajstić information content (AvgIpc) is 3.33. The van der Waals surface area contributed by atoms with Crippen molar-refractivity contribution in [3.05, 3.63) is 97.9 Å². The Kier molecular flexibility index (Phi) is 10.9. The van der Waals surface area contributed by atoms with E-state index in [4.69, 9.17) is 42.8 Å². The molecule has 0 saturated carbocycles. The van der Waals surface area contributed by atoms with Crippen molar-refractivity contribution < 1.29 is 19.4 Å². The van der Waals surface area contributed by atoms with Gasteiger partial charge in [0, 0.05) is 51.6 Å². The molecule has 10 heteroatoms. The number of hydrogen-bond donors (Lipinski definition) is 3. The Bertz CT molecular complexity index is 1340. The number of ether oxygens (including phenoxy) is 2. The van der Waals surface area contributed by atoms with Gasteiger partial charge in [-0.3, -0.25) is 10.2 Å². The van der Waals surface area contributed by atoms with Crippen LogP contribution < -0.4 is 15.6 Å². The molecule has 0 saturated heterocycles. The van der Waals surface area contributed by atoms with Crippen molar-refractivity contribution in [2.45, 2.75) is 44.2 Å². The first-order valence-electron chi connectivity index (χ1n) is 13.2. The molecule has 0 aliphatic carbocycles. The smallest absolute Gasteiger partial charge is 0.266 e. The van der Waals surface area contributed by atoms with Crippen LogP contribution in [0.5, 0.6) is 5.75 Å². The summed E-state index contributed by atoms with van der Waals surface area (Å²) in [5, 5.41) is 9.87. The molecule has 212 valence electrons. The number of carbonyl (C=O) groups is 1. The summed E-state index contributed by atoms with van der Waals surface area (Å²) in [5.74, 6) is 0.633. The van der Waals surface area contributed by atoms with Gasteiger partial charge in [-0.05, 0) is 54.4 Å². The fourth-order valence-corrected chi connectivity index (χ4v) is 5.35. The zero-order valence-electron chi connectivity index (χ0n) is 22.1. The summed E-state index contributed by atoms with van der Waals surface area (Å²) in [6.07, 6.45) is 1.83. The number of aliphatic hydroxyl groups is 1. The van der Waals surface area contributed by atoms with Gasteiger partial charge in [0.05, 0.1) is 6.61 Å². The molecular weight excluding hydrogens is 617 g/mol. The van der Waals surface area contributed by atoms with E-state index in [-0.39, 0.29) is 18.9 Å². The Balaban J connectivity index is 1.78. The van der Waals surface area contributed by atoms with Gasteiger partial charge in [0.1, 0.15) is 5.75 Å². The Labute approximate surface area is 253 Å². The summed E-state index contributed by atoms with van der Waals surface area (Å²) in [6.45, 7) is 3.17. The molecule has 7 nitrogen and oxygen atoms in total. The van der Waals surface area contributed by atoms with Crippen LogP contribution in [0.1, 0.15) is 49.0 Å². The highest BCUT2D eigenvalue weighted by molar-refractivity contribution is 9.10. The molecule has 1 aliphatic rings. The summed E-state index contributed by atoms with van der Waals surface area (Å²) in [4.78, 5) is 19.1. The second-order valence-corrected chi connectivity index (χ2v) is 11.2. The average molecular weight is 649 g/mol. The van der Waals surface area contributed by atoms with Gasteiger partial charge in [-0.25, -0.2) is 10.4 Å². The number of halogens is 3. The molecule has 3 aromatic rings. The number of carbonyl (C=O) groups excluding carboxylic acids is 1. The number of amides is 1. The highest BCUT2D eigenvalue weighted by Gasteiger charge is 2.54. The monoisotopic (exact) mass is 647 g/mol. The first kappa shape index (κ1) is 30.3. The lowest BCUT2D eigenvalue weighted by Gasteiger charge is -2.31. The van der Waals surface area contributed by atoms with Gasteiger partial charge in [-0.1, -0.05) is 76.7 Å². The van der Waals surface area contributed by atoms with Crippen LogP contribution in [0.3, 0.4) is 0 Å². The zero-order valence-corrected chi connectivity index (χ0v) is 25.2. The van der Waals surface area contributed by atoms with Crippen molar-refractivity contribution in [1.82, 2.24) is 10.9 Å². The molecule has 40 heavy (non-hydrogen) atoms. The lowest BCUT2D eigenvalue weighted by atomic mass is 9.82. The molecule has 0 aromatic heterocycles. The third-order valence-electron chi connectivity index (χ3n) is 6.55. The van der Waals surface area contributed by atoms with Gasteiger partial charge < -0.3 is 14.6 Å². The number of unbranched alkanes of at least 4 members (excludes halogenated alkanes) is 1. The number of benzene rings is 3. The fraction of sp³-hybridized carbons (Fsp3) is 0.333. The lowest BCUT2D eigenvalue weighted by molar-refractivity contribution is -0.130. The quantitative estimate of drug-likeness (QED) is 0.147. The van der Waals surface area contributed by atoms with E-state index in [1.54, 1.807) is 18.2 Å². The Morgan fingerprint density at radius 1 is 1.12 bits per heavy atom. The molecule has 1 aliphatic heterocycles. The molecule has 0 spiro atoms. The van der Waals surface area contributed by atoms with Crippen LogP contribution in [0, 0.1) is 0 Å². The van der Waals surface area contributed by atoms with E-state index in [2.05, 4.69) is 33.7 Å². The molecule has 3 aromatic carbocycles. The SMILES string of the molecule is CCCCNNC(=O)[C@@]1(Cc2ccccc2Br)N=C(c2ccc(OCCCO)cc2)O[C@H]1c1ccc(Cl)cc1Cl. The summed E-state index contributed by atoms with van der Waals surface area (Å²) in [6, 6.07) is 20.2. The van der Waals surface area contributed by atoms with Gasteiger partial charge in [-0.2, -0.15) is 0 Å². The normalized spacial score (nSPS) is 18.2. The molecule has 1 heterocycles. The lowest BCUT2D eigenvalue weighted by Crippen LogP contribution is -2.54. The molecule has 3 N–H and O–H groups in total. The van der Waals surface area contributed by atoms with E-state index in [1.165, 1.54) is 0 Å². The maximum Gasteiger partial charge on any atom is 0.266 e. The molecule has 1 amide bonds. The number of hydrazine groups is 1. The maximum absolute atomic E-state index is 14.1. The molecule has 0 fully saturated rings. The van der Waals surface area contributed by atoms with Crippen LogP contribution in [-0.4, -0.2) is 42.2 Å². The van der Waals surface area contributed by atoms with E-state index in [9.17, 15) is 4.79 Å². The molecule has 0 unspecified atom stereocenters. The van der Waals surface area contributed by atoms with Gasteiger partial charge in [-0.15, -0.1) is 0 Å². The van der Waals surface area contributed by atoms with Crippen LogP contribution >= 0.6 is 39.1 Å². The fourth-order valence-electron chi connectivity index (χ4n) is 4.42. The molecule has 0 radical (unpaired) electrons. The van der Waals surface area contributed by atoms with Gasteiger partial charge in [0.25, 0.3) is 5.91 Å². The third kappa shape index (κ3) is 7.17. The van der Waals surface area contributed by atoms with Crippen molar-refractivity contribution in [3.63, 3.8) is 0 Å². The highest BCUT2D eigenvalue weighted by atomic mass is 79.9. The van der Waals surface area contributed by atoms with Crippen molar-refractivity contribution in [2.24, 2.45) is 4.99 Å². The van der Waals surface area contributed by atoms with Crippen molar-refractivity contribution in [2.75, 3.05) is 19.8 Å². The predicted octanol–water partition coefficient (Wildman–Crippen LogP) is 6.44. The topological polar surface area (TPSA) is 92.2 Å². The third-order valence-corrected chi connectivity index (χ3v) is 7.89. The highest BCUT2D eigenvalue weighted by Crippen LogP contribution is 2.45. The van der Waals surface area contributed by atoms with E-state index in [1.807, 2.05) is 48.5 Å². The summed E-state index contributed by atoms with van der Waals surface area (Å²) < 4.78 is 13.0. The van der Waals surface area contributed by atoms with Crippen molar-refractivity contribution in [1.29, 1.82) is 0 Å². The van der Waals surface area contributed by atoms with Crippen LogP contribution in [0.4, 0.5) is 0 Å². The Morgan fingerprint density at radius 2 is 1.90 bits per heavy atom. The Morgan fingerprint density at radius 3 is 2.60 bits per heavy atom. The predicted molar refractivity (Wildman–Crippen MR) is 162 cm³/mol. The largest absolute Gasteiger partial charge is 0.494 e. The minimum absolute atomic E-state index is 0.0619.